The molecule has 0 aliphatic heterocycles. The number of halogens is 2. The smallest absolute Gasteiger partial charge is 0.271 e. The number of carbonyl (C=O) groups excluding carboxylic acids is 1. The summed E-state index contributed by atoms with van der Waals surface area (Å²) in [4.78, 5) is 19.7. The second kappa shape index (κ2) is 10.1. The fourth-order valence-corrected chi connectivity index (χ4v) is 1.27. The molecule has 18 heavy (non-hydrogen) atoms. The van der Waals surface area contributed by atoms with Crippen molar-refractivity contribution in [2.75, 3.05) is 13.1 Å². The average molecular weight is 295 g/mol. The van der Waals surface area contributed by atoms with E-state index in [2.05, 4.69) is 20.6 Å². The van der Waals surface area contributed by atoms with E-state index in [1.54, 1.807) is 6.20 Å². The predicted molar refractivity (Wildman–Crippen MR) is 76.7 cm³/mol. The zero-order chi connectivity index (χ0) is 12.0. The highest BCUT2D eigenvalue weighted by Gasteiger charge is 2.08. The van der Waals surface area contributed by atoms with Crippen LogP contribution in [0.1, 0.15) is 30.0 Å². The van der Waals surface area contributed by atoms with Gasteiger partial charge in [-0.15, -0.1) is 24.8 Å². The molecule has 7 heteroatoms. The molecule has 0 saturated heterocycles. The van der Waals surface area contributed by atoms with Crippen molar-refractivity contribution in [1.29, 1.82) is 0 Å². The Labute approximate surface area is 120 Å². The average Bonchev–Trinajstić information content (AvgIpc) is 2.27. The van der Waals surface area contributed by atoms with E-state index in [9.17, 15) is 4.79 Å². The number of aromatic nitrogens is 2. The number of nitrogens with zero attached hydrogens (tertiary/aromatic N) is 2. The van der Waals surface area contributed by atoms with Gasteiger partial charge in [0, 0.05) is 18.8 Å². The van der Waals surface area contributed by atoms with Crippen LogP contribution in [0.25, 0.3) is 0 Å². The van der Waals surface area contributed by atoms with Crippen molar-refractivity contribution in [1.82, 2.24) is 20.6 Å². The summed E-state index contributed by atoms with van der Waals surface area (Å²) < 4.78 is 0. The minimum Gasteiger partial charge on any atom is -0.349 e. The molecule has 1 rings (SSSR count). The molecule has 1 heterocycles. The normalized spacial score (nSPS) is 10.8. The lowest BCUT2D eigenvalue weighted by molar-refractivity contribution is 0.0945. The molecule has 5 nitrogen and oxygen atoms in total. The molecule has 0 aromatic carbocycles. The second-order valence-electron chi connectivity index (χ2n) is 3.71. The Morgan fingerprint density at radius 2 is 2.00 bits per heavy atom. The third-order valence-electron chi connectivity index (χ3n) is 2.13. The number of rotatable bonds is 5. The molecular weight excluding hydrogens is 275 g/mol. The fourth-order valence-electron chi connectivity index (χ4n) is 1.27. The van der Waals surface area contributed by atoms with Crippen LogP contribution in [-0.2, 0) is 0 Å². The molecule has 0 radical (unpaired) electrons. The predicted octanol–water partition coefficient (Wildman–Crippen LogP) is 1.36. The van der Waals surface area contributed by atoms with Crippen LogP contribution in [0.5, 0.6) is 0 Å². The van der Waals surface area contributed by atoms with Crippen molar-refractivity contribution in [3.05, 3.63) is 23.8 Å². The Balaban J connectivity index is 0. The quantitative estimate of drug-likeness (QED) is 0.860. The minimum atomic E-state index is -0.183. The molecule has 2 N–H and O–H groups in total. The van der Waals surface area contributed by atoms with Gasteiger partial charge in [0.05, 0.1) is 11.9 Å². The maximum atomic E-state index is 11.6. The van der Waals surface area contributed by atoms with Crippen LogP contribution in [0.3, 0.4) is 0 Å². The molecule has 104 valence electrons. The maximum Gasteiger partial charge on any atom is 0.271 e. The summed E-state index contributed by atoms with van der Waals surface area (Å²) in [7, 11) is 0. The molecule has 0 bridgehead atoms. The third-order valence-corrected chi connectivity index (χ3v) is 2.13. The van der Waals surface area contributed by atoms with E-state index in [4.69, 9.17) is 0 Å². The first-order chi connectivity index (χ1) is 7.63. The Hall–Kier alpha value is -0.910. The summed E-state index contributed by atoms with van der Waals surface area (Å²) in [5.41, 5.74) is 1.16. The van der Waals surface area contributed by atoms with Crippen molar-refractivity contribution in [2.24, 2.45) is 0 Å². The van der Waals surface area contributed by atoms with Crippen LogP contribution < -0.4 is 10.6 Å². The molecule has 0 aliphatic rings. The molecule has 1 aromatic heterocycles. The zero-order valence-corrected chi connectivity index (χ0v) is 12.4. The summed E-state index contributed by atoms with van der Waals surface area (Å²) >= 11 is 0. The number of hydrogen-bond acceptors (Lipinski definition) is 4. The molecule has 0 aliphatic carbocycles. The van der Waals surface area contributed by atoms with E-state index in [1.807, 2.05) is 20.8 Å². The van der Waals surface area contributed by atoms with Crippen LogP contribution in [0.2, 0.25) is 0 Å². The minimum absolute atomic E-state index is 0. The SMILES string of the molecule is CCN[C@H](C)CNC(=O)c1cnc(C)cn1.Cl.Cl. The van der Waals surface area contributed by atoms with Gasteiger partial charge in [0.25, 0.3) is 5.91 Å². The molecule has 0 spiro atoms. The zero-order valence-electron chi connectivity index (χ0n) is 10.8. The van der Waals surface area contributed by atoms with Gasteiger partial charge in [0.2, 0.25) is 0 Å². The number of hydrogen-bond donors (Lipinski definition) is 2. The van der Waals surface area contributed by atoms with Gasteiger partial charge < -0.3 is 10.6 Å². The largest absolute Gasteiger partial charge is 0.349 e. The Morgan fingerprint density at radius 1 is 1.33 bits per heavy atom. The summed E-state index contributed by atoms with van der Waals surface area (Å²) in [6.07, 6.45) is 3.07. The number of likely N-dealkylation sites (N-methyl/N-ethyl adjacent to an activating group) is 1. The lowest BCUT2D eigenvalue weighted by Crippen LogP contribution is -2.39. The first kappa shape index (κ1) is 19.4. The summed E-state index contributed by atoms with van der Waals surface area (Å²) in [6.45, 7) is 7.36. The number of aryl methyl sites for hydroxylation is 1. The topological polar surface area (TPSA) is 66.9 Å². The first-order valence-corrected chi connectivity index (χ1v) is 5.43. The Morgan fingerprint density at radius 3 is 2.50 bits per heavy atom. The lowest BCUT2D eigenvalue weighted by Gasteiger charge is -2.12. The van der Waals surface area contributed by atoms with Crippen molar-refractivity contribution < 1.29 is 4.79 Å². The van der Waals surface area contributed by atoms with Gasteiger partial charge in [-0.25, -0.2) is 4.98 Å². The van der Waals surface area contributed by atoms with Gasteiger partial charge in [-0.05, 0) is 20.4 Å². The van der Waals surface area contributed by atoms with Crippen LogP contribution in [0.4, 0.5) is 0 Å². The van der Waals surface area contributed by atoms with Gasteiger partial charge in [0.15, 0.2) is 0 Å². The first-order valence-electron chi connectivity index (χ1n) is 5.43. The number of carbonyl (C=O) groups is 1. The lowest BCUT2D eigenvalue weighted by atomic mass is 10.3. The molecule has 1 aromatic rings. The van der Waals surface area contributed by atoms with Crippen molar-refractivity contribution in [3.63, 3.8) is 0 Å². The third kappa shape index (κ3) is 6.74. The summed E-state index contributed by atoms with van der Waals surface area (Å²) in [6, 6.07) is 0.257. The van der Waals surface area contributed by atoms with Crippen LogP contribution in [0.15, 0.2) is 12.4 Å². The Kier molecular flexibility index (Phi) is 10.9. The number of amides is 1. The molecule has 1 amide bonds. The maximum absolute atomic E-state index is 11.6. The van der Waals surface area contributed by atoms with Crippen LogP contribution in [-0.4, -0.2) is 35.0 Å². The van der Waals surface area contributed by atoms with E-state index in [0.717, 1.165) is 12.2 Å². The molecule has 1 atom stereocenters. The van der Waals surface area contributed by atoms with E-state index < -0.39 is 0 Å². The van der Waals surface area contributed by atoms with Gasteiger partial charge in [-0.3, -0.25) is 9.78 Å². The summed E-state index contributed by atoms with van der Waals surface area (Å²) in [5.74, 6) is -0.183. The standard InChI is InChI=1S/C11H18N4O.2ClH/c1-4-12-8(2)6-15-11(16)10-7-13-9(3)5-14-10;;/h5,7-8,12H,4,6H2,1-3H3,(H,15,16);2*1H/t8-;;/m1../s1. The van der Waals surface area contributed by atoms with Crippen LogP contribution >= 0.6 is 24.8 Å². The van der Waals surface area contributed by atoms with Crippen molar-refractivity contribution >= 4 is 30.7 Å². The van der Waals surface area contributed by atoms with Gasteiger partial charge in [0.1, 0.15) is 5.69 Å². The molecular formula is C11H20Cl2N4O. The highest BCUT2D eigenvalue weighted by atomic mass is 35.5. The highest BCUT2D eigenvalue weighted by molar-refractivity contribution is 5.91. The van der Waals surface area contributed by atoms with Gasteiger partial charge >= 0.3 is 0 Å². The van der Waals surface area contributed by atoms with Crippen LogP contribution in [0, 0.1) is 6.92 Å². The molecule has 0 unspecified atom stereocenters. The van der Waals surface area contributed by atoms with Crippen molar-refractivity contribution in [3.8, 4) is 0 Å². The molecule has 0 saturated carbocycles. The van der Waals surface area contributed by atoms with Gasteiger partial charge in [-0.1, -0.05) is 6.92 Å². The Bertz CT molecular complexity index is 345. The monoisotopic (exact) mass is 294 g/mol. The van der Waals surface area contributed by atoms with E-state index in [-0.39, 0.29) is 36.8 Å². The van der Waals surface area contributed by atoms with E-state index in [0.29, 0.717) is 12.2 Å². The number of nitrogens with one attached hydrogen (secondary N) is 2. The summed E-state index contributed by atoms with van der Waals surface area (Å²) in [5, 5.41) is 6.01. The van der Waals surface area contributed by atoms with Gasteiger partial charge in [-0.2, -0.15) is 0 Å². The second-order valence-corrected chi connectivity index (χ2v) is 3.71. The highest BCUT2D eigenvalue weighted by Crippen LogP contribution is 1.93. The molecule has 0 fully saturated rings. The van der Waals surface area contributed by atoms with E-state index in [1.165, 1.54) is 6.20 Å². The van der Waals surface area contributed by atoms with E-state index >= 15 is 0 Å². The fraction of sp³-hybridized carbons (Fsp3) is 0.545. The van der Waals surface area contributed by atoms with Crippen molar-refractivity contribution in [2.45, 2.75) is 26.8 Å².